The van der Waals surface area contributed by atoms with Gasteiger partial charge in [0.15, 0.2) is 0 Å². The molecule has 6 heteroatoms. The predicted octanol–water partition coefficient (Wildman–Crippen LogP) is 4.81. The molecule has 0 atom stereocenters. The van der Waals surface area contributed by atoms with Gasteiger partial charge in [-0.1, -0.05) is 42.5 Å². The molecular formula is C25H22N4O2. The van der Waals surface area contributed by atoms with Crippen LogP contribution in [0.5, 0.6) is 0 Å². The Morgan fingerprint density at radius 3 is 2.16 bits per heavy atom. The number of nitrogens with one attached hydrogen (secondary N) is 2. The quantitative estimate of drug-likeness (QED) is 0.479. The number of anilines is 2. The van der Waals surface area contributed by atoms with Crippen molar-refractivity contribution in [2.75, 3.05) is 10.6 Å². The van der Waals surface area contributed by atoms with Crippen molar-refractivity contribution in [2.45, 2.75) is 13.5 Å². The maximum atomic E-state index is 13.0. The number of carbonyl (C=O) groups excluding carboxylic acids is 2. The molecule has 2 N–H and O–H groups in total. The van der Waals surface area contributed by atoms with Crippen LogP contribution in [0, 0.1) is 0 Å². The summed E-state index contributed by atoms with van der Waals surface area (Å²) in [4.78, 5) is 24.1. The molecule has 0 bridgehead atoms. The summed E-state index contributed by atoms with van der Waals surface area (Å²) in [6.07, 6.45) is 3.69. The minimum absolute atomic E-state index is 0.138. The number of aromatic nitrogens is 2. The van der Waals surface area contributed by atoms with E-state index in [0.29, 0.717) is 23.5 Å². The average Bonchev–Trinajstić information content (AvgIpc) is 3.28. The largest absolute Gasteiger partial charge is 0.326 e. The van der Waals surface area contributed by atoms with Gasteiger partial charge in [0.2, 0.25) is 5.91 Å². The van der Waals surface area contributed by atoms with Crippen molar-refractivity contribution < 1.29 is 9.59 Å². The van der Waals surface area contributed by atoms with Crippen molar-refractivity contribution in [2.24, 2.45) is 0 Å². The summed E-state index contributed by atoms with van der Waals surface area (Å²) in [6.45, 7) is 2.15. The van der Waals surface area contributed by atoms with E-state index in [4.69, 9.17) is 0 Å². The normalized spacial score (nSPS) is 10.5. The molecule has 0 radical (unpaired) electrons. The molecule has 1 aromatic heterocycles. The predicted molar refractivity (Wildman–Crippen MR) is 122 cm³/mol. The molecule has 2 amide bonds. The first-order chi connectivity index (χ1) is 15.1. The van der Waals surface area contributed by atoms with Crippen molar-refractivity contribution in [3.05, 3.63) is 102 Å². The fourth-order valence-electron chi connectivity index (χ4n) is 3.34. The Morgan fingerprint density at radius 1 is 0.839 bits per heavy atom. The molecule has 0 aliphatic rings. The summed E-state index contributed by atoms with van der Waals surface area (Å²) in [7, 11) is 0. The lowest BCUT2D eigenvalue weighted by molar-refractivity contribution is -0.114. The molecule has 3 aromatic carbocycles. The number of amides is 2. The van der Waals surface area contributed by atoms with Gasteiger partial charge in [0.1, 0.15) is 0 Å². The van der Waals surface area contributed by atoms with Gasteiger partial charge in [-0.3, -0.25) is 14.3 Å². The molecule has 0 aliphatic heterocycles. The zero-order valence-electron chi connectivity index (χ0n) is 17.1. The highest BCUT2D eigenvalue weighted by Crippen LogP contribution is 2.25. The Kier molecular flexibility index (Phi) is 5.89. The Bertz CT molecular complexity index is 1180. The molecule has 6 nitrogen and oxygen atoms in total. The van der Waals surface area contributed by atoms with E-state index in [1.807, 2.05) is 65.5 Å². The summed E-state index contributed by atoms with van der Waals surface area (Å²) in [5.41, 5.74) is 4.89. The van der Waals surface area contributed by atoms with Gasteiger partial charge in [0.25, 0.3) is 5.91 Å². The van der Waals surface area contributed by atoms with E-state index in [-0.39, 0.29) is 11.8 Å². The molecule has 31 heavy (non-hydrogen) atoms. The fourth-order valence-corrected chi connectivity index (χ4v) is 3.34. The van der Waals surface area contributed by atoms with Crippen LogP contribution >= 0.6 is 0 Å². The van der Waals surface area contributed by atoms with Crippen molar-refractivity contribution in [3.63, 3.8) is 0 Å². The highest BCUT2D eigenvalue weighted by molar-refractivity contribution is 6.08. The van der Waals surface area contributed by atoms with E-state index in [1.54, 1.807) is 30.5 Å². The summed E-state index contributed by atoms with van der Waals surface area (Å²) < 4.78 is 1.87. The van der Waals surface area contributed by atoms with Gasteiger partial charge in [-0.2, -0.15) is 5.10 Å². The van der Waals surface area contributed by atoms with Crippen LogP contribution in [0.15, 0.2) is 91.3 Å². The van der Waals surface area contributed by atoms with E-state index < -0.39 is 0 Å². The Balaban J connectivity index is 1.51. The van der Waals surface area contributed by atoms with Crippen molar-refractivity contribution in [1.82, 2.24) is 9.78 Å². The molecule has 154 valence electrons. The molecule has 0 saturated heterocycles. The molecule has 0 aliphatic carbocycles. The van der Waals surface area contributed by atoms with Gasteiger partial charge in [-0.05, 0) is 53.1 Å². The second-order valence-electron chi connectivity index (χ2n) is 7.16. The first-order valence-electron chi connectivity index (χ1n) is 9.93. The molecule has 0 spiro atoms. The van der Waals surface area contributed by atoms with Crippen LogP contribution in [0.3, 0.4) is 0 Å². The fraction of sp³-hybridized carbons (Fsp3) is 0.0800. The maximum absolute atomic E-state index is 13.0. The third-order valence-electron chi connectivity index (χ3n) is 4.80. The standard InChI is InChI=1S/C25H22N4O2/c1-18(30)27-21-11-13-22(14-12-21)28-25(31)24-6-3-2-5-23(24)20-9-7-19(8-10-20)17-29-16-4-15-26-29/h2-16H,17H2,1H3,(H,27,30)(H,28,31). The van der Waals surface area contributed by atoms with Crippen LogP contribution < -0.4 is 10.6 Å². The van der Waals surface area contributed by atoms with Crippen LogP contribution in [-0.4, -0.2) is 21.6 Å². The Morgan fingerprint density at radius 2 is 1.52 bits per heavy atom. The van der Waals surface area contributed by atoms with E-state index in [2.05, 4.69) is 15.7 Å². The smallest absolute Gasteiger partial charge is 0.256 e. The second kappa shape index (κ2) is 9.09. The van der Waals surface area contributed by atoms with Crippen LogP contribution in [-0.2, 0) is 11.3 Å². The van der Waals surface area contributed by atoms with Gasteiger partial charge in [-0.25, -0.2) is 0 Å². The van der Waals surface area contributed by atoms with E-state index >= 15 is 0 Å². The molecule has 1 heterocycles. The van der Waals surface area contributed by atoms with Gasteiger partial charge < -0.3 is 10.6 Å². The zero-order chi connectivity index (χ0) is 21.6. The average molecular weight is 410 g/mol. The van der Waals surface area contributed by atoms with Gasteiger partial charge >= 0.3 is 0 Å². The number of hydrogen-bond acceptors (Lipinski definition) is 3. The first kappa shape index (κ1) is 20.1. The molecular weight excluding hydrogens is 388 g/mol. The molecule has 0 saturated carbocycles. The molecule has 0 fully saturated rings. The van der Waals surface area contributed by atoms with Crippen LogP contribution in [0.25, 0.3) is 11.1 Å². The lowest BCUT2D eigenvalue weighted by atomic mass is 9.98. The lowest BCUT2D eigenvalue weighted by Gasteiger charge is -2.12. The SMILES string of the molecule is CC(=O)Nc1ccc(NC(=O)c2ccccc2-c2ccc(Cn3cccn3)cc2)cc1. The summed E-state index contributed by atoms with van der Waals surface area (Å²) in [6, 6.07) is 24.6. The zero-order valence-corrected chi connectivity index (χ0v) is 17.1. The minimum atomic E-state index is -0.191. The van der Waals surface area contributed by atoms with E-state index in [9.17, 15) is 9.59 Å². The molecule has 4 rings (SSSR count). The van der Waals surface area contributed by atoms with Crippen molar-refractivity contribution in [3.8, 4) is 11.1 Å². The summed E-state index contributed by atoms with van der Waals surface area (Å²) in [5, 5.41) is 9.87. The summed E-state index contributed by atoms with van der Waals surface area (Å²) in [5.74, 6) is -0.329. The monoisotopic (exact) mass is 410 g/mol. The van der Waals surface area contributed by atoms with Crippen molar-refractivity contribution in [1.29, 1.82) is 0 Å². The maximum Gasteiger partial charge on any atom is 0.256 e. The number of carbonyl (C=O) groups is 2. The van der Waals surface area contributed by atoms with E-state index in [1.165, 1.54) is 6.92 Å². The second-order valence-corrected chi connectivity index (χ2v) is 7.16. The van der Waals surface area contributed by atoms with Gasteiger partial charge in [-0.15, -0.1) is 0 Å². The summed E-state index contributed by atoms with van der Waals surface area (Å²) >= 11 is 0. The topological polar surface area (TPSA) is 76.0 Å². The van der Waals surface area contributed by atoms with Crippen LogP contribution in [0.2, 0.25) is 0 Å². The van der Waals surface area contributed by atoms with Gasteiger partial charge in [0, 0.05) is 36.3 Å². The third kappa shape index (κ3) is 5.05. The third-order valence-corrected chi connectivity index (χ3v) is 4.80. The number of nitrogens with zero attached hydrogens (tertiary/aromatic N) is 2. The highest BCUT2D eigenvalue weighted by atomic mass is 16.2. The highest BCUT2D eigenvalue weighted by Gasteiger charge is 2.13. The Hall–Kier alpha value is -4.19. The number of hydrogen-bond donors (Lipinski definition) is 2. The van der Waals surface area contributed by atoms with Crippen molar-refractivity contribution >= 4 is 23.2 Å². The van der Waals surface area contributed by atoms with Crippen LogP contribution in [0.1, 0.15) is 22.8 Å². The van der Waals surface area contributed by atoms with Gasteiger partial charge in [0.05, 0.1) is 6.54 Å². The Labute approximate surface area is 180 Å². The molecule has 0 unspecified atom stereocenters. The number of rotatable bonds is 6. The van der Waals surface area contributed by atoms with Crippen LogP contribution in [0.4, 0.5) is 11.4 Å². The van der Waals surface area contributed by atoms with E-state index in [0.717, 1.165) is 16.7 Å². The lowest BCUT2D eigenvalue weighted by Crippen LogP contribution is -2.13. The number of benzene rings is 3. The minimum Gasteiger partial charge on any atom is -0.326 e. The molecule has 4 aromatic rings. The first-order valence-corrected chi connectivity index (χ1v) is 9.93.